The molecule has 0 aromatic carbocycles. The molecule has 2 heteroatoms. The third-order valence-electron chi connectivity index (χ3n) is 2.00. The van der Waals surface area contributed by atoms with Crippen LogP contribution in [-0.4, -0.2) is 23.9 Å². The van der Waals surface area contributed by atoms with Gasteiger partial charge in [-0.25, -0.2) is 0 Å². The van der Waals surface area contributed by atoms with Gasteiger partial charge in [0.2, 0.25) is 0 Å². The maximum Gasteiger partial charge on any atom is 0.0912 e. The van der Waals surface area contributed by atoms with Crippen LogP contribution < -0.4 is 0 Å². The van der Waals surface area contributed by atoms with Gasteiger partial charge in [-0.2, -0.15) is 0 Å². The van der Waals surface area contributed by atoms with Crippen molar-refractivity contribution in [2.75, 3.05) is 13.2 Å². The predicted octanol–water partition coefficient (Wildman–Crippen LogP) is 0.938. The molecule has 9 heavy (non-hydrogen) atoms. The number of hydrogen-bond donors (Lipinski definition) is 1. The van der Waals surface area contributed by atoms with Crippen LogP contribution in [0.15, 0.2) is 0 Å². The predicted molar refractivity (Wildman–Crippen MR) is 35.3 cm³/mol. The van der Waals surface area contributed by atoms with Crippen molar-refractivity contribution in [3.8, 4) is 0 Å². The maximum absolute atomic E-state index is 8.84. The van der Waals surface area contributed by atoms with E-state index in [1.807, 2.05) is 6.92 Å². The second kappa shape index (κ2) is 2.67. The van der Waals surface area contributed by atoms with Gasteiger partial charge in [0.15, 0.2) is 0 Å². The SMILES string of the molecule is CCOC1(CO)CCC1. The summed E-state index contributed by atoms with van der Waals surface area (Å²) >= 11 is 0. The van der Waals surface area contributed by atoms with Gasteiger partial charge in [-0.05, 0) is 26.2 Å². The molecule has 0 aromatic heterocycles. The van der Waals surface area contributed by atoms with Crippen LogP contribution >= 0.6 is 0 Å². The molecule has 0 amide bonds. The third kappa shape index (κ3) is 1.25. The van der Waals surface area contributed by atoms with Crippen molar-refractivity contribution in [2.24, 2.45) is 0 Å². The first-order valence-electron chi connectivity index (χ1n) is 3.58. The average molecular weight is 130 g/mol. The standard InChI is InChI=1S/C7H14O2/c1-2-9-7(6-8)4-3-5-7/h8H,2-6H2,1H3. The highest BCUT2D eigenvalue weighted by atomic mass is 16.5. The van der Waals surface area contributed by atoms with Crippen molar-refractivity contribution in [1.82, 2.24) is 0 Å². The van der Waals surface area contributed by atoms with E-state index >= 15 is 0 Å². The minimum atomic E-state index is -0.130. The molecule has 1 aliphatic carbocycles. The van der Waals surface area contributed by atoms with Gasteiger partial charge < -0.3 is 9.84 Å². The van der Waals surface area contributed by atoms with E-state index in [-0.39, 0.29) is 12.2 Å². The number of ether oxygens (including phenoxy) is 1. The van der Waals surface area contributed by atoms with Gasteiger partial charge in [-0.15, -0.1) is 0 Å². The maximum atomic E-state index is 8.84. The summed E-state index contributed by atoms with van der Waals surface area (Å²) in [6.45, 7) is 2.89. The van der Waals surface area contributed by atoms with Gasteiger partial charge in [-0.3, -0.25) is 0 Å². The fourth-order valence-corrected chi connectivity index (χ4v) is 1.23. The zero-order chi connectivity index (χ0) is 6.74. The number of aliphatic hydroxyl groups is 1. The smallest absolute Gasteiger partial charge is 0.0912 e. The molecule has 0 aliphatic heterocycles. The van der Waals surface area contributed by atoms with Crippen molar-refractivity contribution in [2.45, 2.75) is 31.8 Å². The normalized spacial score (nSPS) is 23.3. The minimum Gasteiger partial charge on any atom is -0.393 e. The van der Waals surface area contributed by atoms with Crippen LogP contribution in [0.3, 0.4) is 0 Å². The van der Waals surface area contributed by atoms with E-state index in [1.165, 1.54) is 6.42 Å². The highest BCUT2D eigenvalue weighted by Crippen LogP contribution is 2.34. The first-order valence-corrected chi connectivity index (χ1v) is 3.58. The van der Waals surface area contributed by atoms with Crippen LogP contribution in [0, 0.1) is 0 Å². The highest BCUT2D eigenvalue weighted by Gasteiger charge is 2.36. The van der Waals surface area contributed by atoms with Crippen LogP contribution in [0.4, 0.5) is 0 Å². The second-order valence-electron chi connectivity index (χ2n) is 2.63. The summed E-state index contributed by atoms with van der Waals surface area (Å²) in [6, 6.07) is 0. The molecule has 0 spiro atoms. The highest BCUT2D eigenvalue weighted by molar-refractivity contribution is 4.88. The molecule has 1 aliphatic rings. The first kappa shape index (κ1) is 7.03. The number of rotatable bonds is 3. The van der Waals surface area contributed by atoms with Crippen molar-refractivity contribution < 1.29 is 9.84 Å². The topological polar surface area (TPSA) is 29.5 Å². The van der Waals surface area contributed by atoms with Gasteiger partial charge in [0.1, 0.15) is 0 Å². The zero-order valence-electron chi connectivity index (χ0n) is 5.89. The molecule has 1 rings (SSSR count). The first-order chi connectivity index (χ1) is 4.33. The van der Waals surface area contributed by atoms with Gasteiger partial charge >= 0.3 is 0 Å². The molecule has 0 bridgehead atoms. The molecule has 2 nitrogen and oxygen atoms in total. The Morgan fingerprint density at radius 3 is 2.33 bits per heavy atom. The molecule has 0 aromatic rings. The van der Waals surface area contributed by atoms with Crippen LogP contribution in [0.1, 0.15) is 26.2 Å². The summed E-state index contributed by atoms with van der Waals surface area (Å²) in [5.74, 6) is 0. The molecule has 0 radical (unpaired) electrons. The van der Waals surface area contributed by atoms with E-state index in [0.29, 0.717) is 0 Å². The van der Waals surface area contributed by atoms with Crippen LogP contribution in [0.5, 0.6) is 0 Å². The number of hydrogen-bond acceptors (Lipinski definition) is 2. The fraction of sp³-hybridized carbons (Fsp3) is 1.00. The summed E-state index contributed by atoms with van der Waals surface area (Å²) in [5, 5.41) is 8.84. The molecule has 1 saturated carbocycles. The van der Waals surface area contributed by atoms with E-state index in [1.54, 1.807) is 0 Å². The van der Waals surface area contributed by atoms with Gasteiger partial charge in [-0.1, -0.05) is 0 Å². The summed E-state index contributed by atoms with van der Waals surface area (Å²) in [6.07, 6.45) is 3.29. The molecule has 0 heterocycles. The summed E-state index contributed by atoms with van der Waals surface area (Å²) < 4.78 is 5.36. The lowest BCUT2D eigenvalue weighted by Gasteiger charge is -2.39. The molecule has 0 unspecified atom stereocenters. The Kier molecular flexibility index (Phi) is 2.09. The van der Waals surface area contributed by atoms with Crippen LogP contribution in [0.25, 0.3) is 0 Å². The minimum absolute atomic E-state index is 0.130. The molecular weight excluding hydrogens is 116 g/mol. The fourth-order valence-electron chi connectivity index (χ4n) is 1.23. The van der Waals surface area contributed by atoms with Gasteiger partial charge in [0.05, 0.1) is 12.2 Å². The Morgan fingerprint density at radius 2 is 2.22 bits per heavy atom. The summed E-state index contributed by atoms with van der Waals surface area (Å²) in [5.41, 5.74) is -0.130. The largest absolute Gasteiger partial charge is 0.393 e. The summed E-state index contributed by atoms with van der Waals surface area (Å²) in [7, 11) is 0. The Balaban J connectivity index is 2.28. The van der Waals surface area contributed by atoms with E-state index in [9.17, 15) is 0 Å². The van der Waals surface area contributed by atoms with Crippen LogP contribution in [0.2, 0.25) is 0 Å². The van der Waals surface area contributed by atoms with E-state index in [2.05, 4.69) is 0 Å². The summed E-state index contributed by atoms with van der Waals surface area (Å²) in [4.78, 5) is 0. The molecular formula is C7H14O2. The molecule has 1 N–H and O–H groups in total. The van der Waals surface area contributed by atoms with Crippen molar-refractivity contribution in [1.29, 1.82) is 0 Å². The van der Waals surface area contributed by atoms with Gasteiger partial charge in [0, 0.05) is 6.61 Å². The van der Waals surface area contributed by atoms with Crippen LogP contribution in [-0.2, 0) is 4.74 Å². The average Bonchev–Trinajstić information content (AvgIpc) is 1.79. The van der Waals surface area contributed by atoms with Crippen molar-refractivity contribution >= 4 is 0 Å². The monoisotopic (exact) mass is 130 g/mol. The lowest BCUT2D eigenvalue weighted by atomic mass is 9.81. The second-order valence-corrected chi connectivity index (χ2v) is 2.63. The number of aliphatic hydroxyl groups excluding tert-OH is 1. The molecule has 0 atom stereocenters. The Morgan fingerprint density at radius 1 is 1.56 bits per heavy atom. The van der Waals surface area contributed by atoms with E-state index < -0.39 is 0 Å². The van der Waals surface area contributed by atoms with Gasteiger partial charge in [0.25, 0.3) is 0 Å². The third-order valence-corrected chi connectivity index (χ3v) is 2.00. The van der Waals surface area contributed by atoms with E-state index in [4.69, 9.17) is 9.84 Å². The van der Waals surface area contributed by atoms with E-state index in [0.717, 1.165) is 19.4 Å². The molecule has 0 saturated heterocycles. The Hall–Kier alpha value is -0.0800. The Bertz CT molecular complexity index is 81.4. The zero-order valence-corrected chi connectivity index (χ0v) is 5.89. The Labute approximate surface area is 55.8 Å². The van der Waals surface area contributed by atoms with Crippen molar-refractivity contribution in [3.05, 3.63) is 0 Å². The van der Waals surface area contributed by atoms with Crippen molar-refractivity contribution in [3.63, 3.8) is 0 Å². The molecule has 1 fully saturated rings. The lowest BCUT2D eigenvalue weighted by molar-refractivity contribution is -0.124. The quantitative estimate of drug-likeness (QED) is 0.616. The lowest BCUT2D eigenvalue weighted by Crippen LogP contribution is -2.43. The molecule has 54 valence electrons.